The van der Waals surface area contributed by atoms with E-state index in [1.54, 1.807) is 34.8 Å². The van der Waals surface area contributed by atoms with Crippen molar-refractivity contribution in [2.45, 2.75) is 39.3 Å². The SMILES string of the molecule is CC(C)(C)[C@@H](CO)NC(=O)[C@H](CC(=O)NO)n1ccc(-c2ccc(-c3ccncc3)cc2)c1. The number of benzene rings is 1. The summed E-state index contributed by atoms with van der Waals surface area (Å²) in [7, 11) is 0. The van der Waals surface area contributed by atoms with Crippen molar-refractivity contribution >= 4 is 11.8 Å². The molecule has 0 radical (unpaired) electrons. The molecular weight excluding hydrogens is 420 g/mol. The van der Waals surface area contributed by atoms with Crippen molar-refractivity contribution < 1.29 is 19.9 Å². The van der Waals surface area contributed by atoms with Crippen LogP contribution in [0.2, 0.25) is 0 Å². The summed E-state index contributed by atoms with van der Waals surface area (Å²) in [6, 6.07) is 12.4. The zero-order valence-corrected chi connectivity index (χ0v) is 19.0. The van der Waals surface area contributed by atoms with E-state index in [1.807, 2.05) is 63.2 Å². The molecule has 2 aromatic heterocycles. The van der Waals surface area contributed by atoms with Gasteiger partial charge in [-0.05, 0) is 45.9 Å². The lowest BCUT2D eigenvalue weighted by Crippen LogP contribution is -2.49. The Bertz CT molecular complexity index is 1070. The number of hydroxylamine groups is 1. The van der Waals surface area contributed by atoms with Crippen molar-refractivity contribution in [3.05, 3.63) is 67.3 Å². The van der Waals surface area contributed by atoms with Gasteiger partial charge in [-0.15, -0.1) is 0 Å². The third-order valence-corrected chi connectivity index (χ3v) is 5.66. The number of hydrogen-bond acceptors (Lipinski definition) is 5. The summed E-state index contributed by atoms with van der Waals surface area (Å²) in [5.41, 5.74) is 5.20. The van der Waals surface area contributed by atoms with Gasteiger partial charge in [0.15, 0.2) is 0 Å². The van der Waals surface area contributed by atoms with E-state index in [-0.39, 0.29) is 18.4 Å². The van der Waals surface area contributed by atoms with Gasteiger partial charge in [0, 0.05) is 24.8 Å². The Morgan fingerprint density at radius 1 is 0.970 bits per heavy atom. The summed E-state index contributed by atoms with van der Waals surface area (Å²) in [5.74, 6) is -1.09. The number of aliphatic hydroxyl groups excluding tert-OH is 1. The van der Waals surface area contributed by atoms with Crippen LogP contribution in [-0.4, -0.2) is 44.3 Å². The molecule has 0 aliphatic heterocycles. The van der Waals surface area contributed by atoms with Gasteiger partial charge in [0.1, 0.15) is 6.04 Å². The van der Waals surface area contributed by atoms with Gasteiger partial charge in [-0.1, -0.05) is 45.0 Å². The summed E-state index contributed by atoms with van der Waals surface area (Å²) in [6.45, 7) is 5.50. The van der Waals surface area contributed by atoms with E-state index in [1.165, 1.54) is 0 Å². The van der Waals surface area contributed by atoms with Crippen LogP contribution in [0, 0.1) is 5.41 Å². The van der Waals surface area contributed by atoms with Crippen LogP contribution in [0.1, 0.15) is 33.2 Å². The molecule has 174 valence electrons. The molecule has 0 aliphatic rings. The molecule has 8 nitrogen and oxygen atoms in total. The van der Waals surface area contributed by atoms with Gasteiger partial charge in [0.2, 0.25) is 11.8 Å². The number of aromatic nitrogens is 2. The molecule has 0 fully saturated rings. The lowest BCUT2D eigenvalue weighted by Gasteiger charge is -2.31. The number of rotatable bonds is 8. The first-order valence-corrected chi connectivity index (χ1v) is 10.8. The maximum atomic E-state index is 13.0. The maximum Gasteiger partial charge on any atom is 0.245 e. The van der Waals surface area contributed by atoms with Crippen molar-refractivity contribution in [1.29, 1.82) is 0 Å². The van der Waals surface area contributed by atoms with Crippen LogP contribution < -0.4 is 10.8 Å². The average molecular weight is 451 g/mol. The van der Waals surface area contributed by atoms with Gasteiger partial charge in [-0.2, -0.15) is 0 Å². The van der Waals surface area contributed by atoms with Gasteiger partial charge < -0.3 is 15.0 Å². The summed E-state index contributed by atoms with van der Waals surface area (Å²) in [6.07, 6.45) is 6.77. The second-order valence-electron chi connectivity index (χ2n) is 9.03. The molecule has 0 saturated carbocycles. The van der Waals surface area contributed by atoms with Gasteiger partial charge in [-0.3, -0.25) is 19.8 Å². The first-order chi connectivity index (χ1) is 15.7. The molecule has 0 aliphatic carbocycles. The van der Waals surface area contributed by atoms with E-state index < -0.39 is 23.9 Å². The molecule has 33 heavy (non-hydrogen) atoms. The molecule has 3 aromatic rings. The third-order valence-electron chi connectivity index (χ3n) is 5.66. The molecule has 0 unspecified atom stereocenters. The molecule has 8 heteroatoms. The van der Waals surface area contributed by atoms with Crippen molar-refractivity contribution in [1.82, 2.24) is 20.3 Å². The minimum atomic E-state index is -0.890. The number of nitrogens with one attached hydrogen (secondary N) is 2. The summed E-state index contributed by atoms with van der Waals surface area (Å²) in [4.78, 5) is 29.0. The fraction of sp³-hybridized carbons (Fsp3) is 0.320. The number of carbonyl (C=O) groups is 2. The lowest BCUT2D eigenvalue weighted by atomic mass is 9.87. The predicted molar refractivity (Wildman–Crippen MR) is 125 cm³/mol. The van der Waals surface area contributed by atoms with Crippen molar-refractivity contribution in [3.63, 3.8) is 0 Å². The van der Waals surface area contributed by atoms with E-state index >= 15 is 0 Å². The molecule has 4 N–H and O–H groups in total. The summed E-state index contributed by atoms with van der Waals surface area (Å²) in [5, 5.41) is 21.5. The maximum absolute atomic E-state index is 13.0. The first kappa shape index (κ1) is 24.2. The topological polar surface area (TPSA) is 116 Å². The Morgan fingerprint density at radius 3 is 2.09 bits per heavy atom. The van der Waals surface area contributed by atoms with Crippen molar-refractivity contribution in [3.8, 4) is 22.3 Å². The highest BCUT2D eigenvalue weighted by molar-refractivity contribution is 5.87. The van der Waals surface area contributed by atoms with Gasteiger partial charge >= 0.3 is 0 Å². The normalized spacial score (nSPS) is 13.2. The zero-order chi connectivity index (χ0) is 24.0. The van der Waals surface area contributed by atoms with Crippen LogP contribution in [0.15, 0.2) is 67.3 Å². The van der Waals surface area contributed by atoms with E-state index in [2.05, 4.69) is 10.3 Å². The Kier molecular flexibility index (Phi) is 7.63. The molecule has 0 bridgehead atoms. The number of amides is 2. The number of pyridine rings is 1. The summed E-state index contributed by atoms with van der Waals surface area (Å²) >= 11 is 0. The van der Waals surface area contributed by atoms with E-state index in [4.69, 9.17) is 5.21 Å². The highest BCUT2D eigenvalue weighted by Crippen LogP contribution is 2.27. The third kappa shape index (κ3) is 6.06. The van der Waals surface area contributed by atoms with Crippen LogP contribution >= 0.6 is 0 Å². The summed E-state index contributed by atoms with van der Waals surface area (Å²) < 4.78 is 1.65. The Hall–Kier alpha value is -3.49. The average Bonchev–Trinajstić information content (AvgIpc) is 3.30. The predicted octanol–water partition coefficient (Wildman–Crippen LogP) is 3.18. The molecule has 2 atom stereocenters. The highest BCUT2D eigenvalue weighted by atomic mass is 16.5. The van der Waals surface area contributed by atoms with Crippen LogP contribution in [0.5, 0.6) is 0 Å². The Balaban J connectivity index is 1.84. The zero-order valence-electron chi connectivity index (χ0n) is 19.0. The smallest absolute Gasteiger partial charge is 0.245 e. The molecule has 2 amide bonds. The quantitative estimate of drug-likeness (QED) is 0.311. The van der Waals surface area contributed by atoms with E-state index in [0.29, 0.717) is 0 Å². The molecule has 2 heterocycles. The number of aliphatic hydroxyl groups is 1. The monoisotopic (exact) mass is 450 g/mol. The molecule has 1 aromatic carbocycles. The van der Waals surface area contributed by atoms with E-state index in [9.17, 15) is 14.7 Å². The standard InChI is InChI=1S/C25H30N4O4/c1-25(2,3)22(16-30)27-24(32)21(14-23(31)28-33)29-13-10-20(15-29)18-6-4-17(5-7-18)19-8-11-26-12-9-19/h4-13,15,21-22,30,33H,14,16H2,1-3H3,(H,27,32)(H,28,31)/t21-,22+/m0/s1. The molecular formula is C25H30N4O4. The van der Waals surface area contributed by atoms with Crippen LogP contribution in [0.3, 0.4) is 0 Å². The largest absolute Gasteiger partial charge is 0.394 e. The van der Waals surface area contributed by atoms with Gasteiger partial charge in [-0.25, -0.2) is 5.48 Å². The van der Waals surface area contributed by atoms with Crippen molar-refractivity contribution in [2.75, 3.05) is 6.61 Å². The Morgan fingerprint density at radius 2 is 1.55 bits per heavy atom. The lowest BCUT2D eigenvalue weighted by molar-refractivity contribution is -0.135. The van der Waals surface area contributed by atoms with Crippen LogP contribution in [-0.2, 0) is 9.59 Å². The minimum Gasteiger partial charge on any atom is -0.394 e. The van der Waals surface area contributed by atoms with Crippen LogP contribution in [0.4, 0.5) is 0 Å². The minimum absolute atomic E-state index is 0.227. The first-order valence-electron chi connectivity index (χ1n) is 10.8. The fourth-order valence-corrected chi connectivity index (χ4v) is 3.54. The molecule has 0 spiro atoms. The van der Waals surface area contributed by atoms with Gasteiger partial charge in [0.25, 0.3) is 0 Å². The highest BCUT2D eigenvalue weighted by Gasteiger charge is 2.30. The van der Waals surface area contributed by atoms with Crippen molar-refractivity contribution in [2.24, 2.45) is 5.41 Å². The number of hydrogen-bond donors (Lipinski definition) is 4. The second kappa shape index (κ2) is 10.4. The number of nitrogens with zero attached hydrogens (tertiary/aromatic N) is 2. The Labute approximate surface area is 193 Å². The fourth-order valence-electron chi connectivity index (χ4n) is 3.54. The van der Waals surface area contributed by atoms with E-state index in [0.717, 1.165) is 22.3 Å². The van der Waals surface area contributed by atoms with Crippen LogP contribution in [0.25, 0.3) is 22.3 Å². The number of carbonyl (C=O) groups excluding carboxylic acids is 2. The molecule has 3 rings (SSSR count). The van der Waals surface area contributed by atoms with Gasteiger partial charge in [0.05, 0.1) is 19.1 Å². The molecule has 0 saturated heterocycles. The second-order valence-corrected chi connectivity index (χ2v) is 9.03.